The molecule has 142 heavy (non-hydrogen) atoms. The van der Waals surface area contributed by atoms with Crippen LogP contribution >= 0.6 is 11.3 Å². The first-order valence-corrected chi connectivity index (χ1v) is 50.1. The molecule has 3 aliphatic rings. The molecule has 28 rings (SSSR count). The fourth-order valence-electron chi connectivity index (χ4n) is 24.1. The Hall–Kier alpha value is -17.5. The summed E-state index contributed by atoms with van der Waals surface area (Å²) in [7, 11) is 0. The number of fused-ring (bicyclic) bond motifs is 21. The topological polar surface area (TPSA) is 32.8 Å². The molecule has 25 aromatic rings. The second-order valence-corrected chi connectivity index (χ2v) is 40.1. The lowest BCUT2D eigenvalue weighted by molar-refractivity contribution is 0.654. The Kier molecular flexibility index (Phi) is 19.7. The molecular formula is C137H94N2O2S. The molecule has 0 aliphatic heterocycles. The molecule has 22 aromatic carbocycles. The Balaban J connectivity index is 0.000000143. The van der Waals surface area contributed by atoms with Crippen LogP contribution in [0.2, 0.25) is 0 Å². The van der Waals surface area contributed by atoms with Crippen LogP contribution in [0.25, 0.3) is 186 Å². The van der Waals surface area contributed by atoms with E-state index in [0.717, 1.165) is 128 Å². The number of rotatable bonds is 15. The summed E-state index contributed by atoms with van der Waals surface area (Å²) in [6.07, 6.45) is 0. The number of benzene rings is 22. The fraction of sp³-hybridized carbons (Fsp3) is 0.0511. The number of thiophene rings is 1. The van der Waals surface area contributed by atoms with Crippen LogP contribution in [0, 0.1) is 0 Å². The van der Waals surface area contributed by atoms with E-state index in [-0.39, 0.29) is 10.8 Å². The monoisotopic (exact) mass is 1830 g/mol. The lowest BCUT2D eigenvalue weighted by Gasteiger charge is -2.34. The first kappa shape index (κ1) is 83.9. The number of furan rings is 2. The molecule has 0 amide bonds. The molecule has 3 heterocycles. The molecule has 0 spiro atoms. The average molecular weight is 1830 g/mol. The van der Waals surface area contributed by atoms with E-state index in [1.165, 1.54) is 137 Å². The van der Waals surface area contributed by atoms with Gasteiger partial charge in [0, 0.05) is 109 Å². The summed E-state index contributed by atoms with van der Waals surface area (Å²) in [6, 6.07) is 182. The number of hydrogen-bond donors (Lipinski definition) is 0. The molecule has 3 aliphatic carbocycles. The Morgan fingerprint density at radius 1 is 0.197 bits per heavy atom. The molecule has 4 nitrogen and oxygen atoms in total. The van der Waals surface area contributed by atoms with Gasteiger partial charge in [-0.15, -0.1) is 11.3 Å². The van der Waals surface area contributed by atoms with Crippen LogP contribution in [0.15, 0.2) is 506 Å². The smallest absolute Gasteiger partial charge is 0.144 e. The van der Waals surface area contributed by atoms with Crippen LogP contribution in [0.5, 0.6) is 0 Å². The minimum absolute atomic E-state index is 0.158. The minimum Gasteiger partial charge on any atom is -0.455 e. The predicted octanol–water partition coefficient (Wildman–Crippen LogP) is 38.3. The molecule has 0 radical (unpaired) electrons. The predicted molar refractivity (Wildman–Crippen MR) is 598 cm³/mol. The van der Waals surface area contributed by atoms with Crippen molar-refractivity contribution in [3.05, 3.63) is 542 Å². The van der Waals surface area contributed by atoms with Crippen molar-refractivity contribution in [2.24, 2.45) is 0 Å². The van der Waals surface area contributed by atoms with E-state index in [9.17, 15) is 0 Å². The quantitative estimate of drug-likeness (QED) is 0.102. The largest absolute Gasteiger partial charge is 0.455 e. The maximum Gasteiger partial charge on any atom is 0.144 e. The highest BCUT2D eigenvalue weighted by Crippen LogP contribution is 2.63. The molecule has 0 atom stereocenters. The summed E-state index contributed by atoms with van der Waals surface area (Å²) in [4.78, 5) is 4.78. The molecule has 0 saturated carbocycles. The average Bonchev–Trinajstić information content (AvgIpc) is 1.51. The van der Waals surface area contributed by atoms with Crippen LogP contribution in [-0.2, 0) is 16.2 Å². The van der Waals surface area contributed by atoms with Crippen LogP contribution in [-0.4, -0.2) is 0 Å². The fourth-order valence-corrected chi connectivity index (χ4v) is 25.3. The van der Waals surface area contributed by atoms with E-state index >= 15 is 0 Å². The van der Waals surface area contributed by atoms with Gasteiger partial charge in [0.25, 0.3) is 0 Å². The Morgan fingerprint density at radius 3 is 1.17 bits per heavy atom. The van der Waals surface area contributed by atoms with Crippen LogP contribution in [0.1, 0.15) is 72.2 Å². The highest BCUT2D eigenvalue weighted by atomic mass is 32.1. The number of nitrogens with zero attached hydrogens (tertiary/aromatic N) is 2. The lowest BCUT2D eigenvalue weighted by atomic mass is 9.67. The Bertz CT molecular complexity index is 9250. The van der Waals surface area contributed by atoms with Gasteiger partial charge in [-0.05, 0) is 224 Å². The zero-order chi connectivity index (χ0) is 94.5. The van der Waals surface area contributed by atoms with Gasteiger partial charge < -0.3 is 18.6 Å². The molecular weight excluding hydrogens is 1740 g/mol. The SMILES string of the molecule is CC1(C)c2ccccc2-c2c1cc(-c1cccc3sc4c(-c5ccccc5)cccc4c13)c1c2oc2c(-c3ccc(N(c4ccccc4)c4ccc(-c5ccccc5)cc4)cc3)cccc21.CC1(C)c2ccccc2-c2ccc(N(c3ccc(-c4ccccc4)cc3)c3ccc(-c4cccc5c4oc4c6c(cc(-c7ccccc7)c45)C(c4ccccc4)(c4ccccc4)c4ccccc4-6)c4ccccc34)cc21. The third-order valence-corrected chi connectivity index (χ3v) is 31.9. The molecule has 0 fully saturated rings. The highest BCUT2D eigenvalue weighted by molar-refractivity contribution is 7.26. The first-order valence-electron chi connectivity index (χ1n) is 49.2. The van der Waals surface area contributed by atoms with Gasteiger partial charge in [0.15, 0.2) is 0 Å². The van der Waals surface area contributed by atoms with E-state index in [0.29, 0.717) is 0 Å². The van der Waals surface area contributed by atoms with Crippen molar-refractivity contribution in [1.29, 1.82) is 0 Å². The van der Waals surface area contributed by atoms with Crippen LogP contribution in [0.3, 0.4) is 0 Å². The lowest BCUT2D eigenvalue weighted by Crippen LogP contribution is -2.28. The van der Waals surface area contributed by atoms with Crippen molar-refractivity contribution in [3.63, 3.8) is 0 Å². The summed E-state index contributed by atoms with van der Waals surface area (Å²) in [5.74, 6) is 0. The molecule has 670 valence electrons. The third-order valence-electron chi connectivity index (χ3n) is 30.7. The standard InChI is InChI=1S/C74H51NO.C63H43NOS/c1-73(2)64-36-19-17-31-57(64)58-43-42-54(46-66(58)73)75(53-40-38-49(39-41-53)48-22-7-3-8-23-48)68-45-44-56(55-30-15-16-32-59(55)68)60-34-21-35-62-69-63(50-24-9-4-10-25-50)47-67-70(72(69)76-71(60)62)61-33-18-20-37-65(61)74(67,51-26-11-5-12-27-51)52-28-13-6-14-29-52;1-63(2)54-29-13-12-23-50(54)59-55(63)39-53(49-26-16-30-56-57(49)52-28-15-25-48(62(52)66-56)42-19-8-4-9-20-42)58-51-27-14-24-47(60(51)65-61(58)59)43-33-37-46(38-34-43)64(44-21-10-5-11-22-44)45-35-31-41(32-36-45)40-17-6-3-7-18-40/h3-47H,1-2H3;3-39H,1-2H3. The minimum atomic E-state index is -0.591. The van der Waals surface area contributed by atoms with Gasteiger partial charge in [0.1, 0.15) is 22.3 Å². The summed E-state index contributed by atoms with van der Waals surface area (Å²) < 4.78 is 17.7. The van der Waals surface area contributed by atoms with Crippen molar-refractivity contribution < 1.29 is 8.83 Å². The molecule has 0 bridgehead atoms. The summed E-state index contributed by atoms with van der Waals surface area (Å²) in [5, 5.41) is 9.39. The van der Waals surface area contributed by atoms with Crippen LogP contribution < -0.4 is 9.80 Å². The van der Waals surface area contributed by atoms with Gasteiger partial charge >= 0.3 is 0 Å². The van der Waals surface area contributed by atoms with Crippen molar-refractivity contribution in [1.82, 2.24) is 0 Å². The van der Waals surface area contributed by atoms with Gasteiger partial charge in [-0.1, -0.05) is 440 Å². The zero-order valence-electron chi connectivity index (χ0n) is 79.0. The Morgan fingerprint density at radius 2 is 0.570 bits per heavy atom. The maximum atomic E-state index is 7.66. The first-order chi connectivity index (χ1) is 70.0. The van der Waals surface area contributed by atoms with Gasteiger partial charge in [0.05, 0.1) is 11.1 Å². The van der Waals surface area contributed by atoms with Crippen molar-refractivity contribution in [3.8, 4) is 111 Å². The number of para-hydroxylation sites is 3. The van der Waals surface area contributed by atoms with E-state index in [4.69, 9.17) is 8.83 Å². The molecule has 0 saturated heterocycles. The van der Waals surface area contributed by atoms with E-state index in [1.54, 1.807) is 0 Å². The number of hydrogen-bond acceptors (Lipinski definition) is 5. The zero-order valence-corrected chi connectivity index (χ0v) is 79.8. The van der Waals surface area contributed by atoms with Crippen molar-refractivity contribution >= 4 is 120 Å². The van der Waals surface area contributed by atoms with E-state index in [1.807, 2.05) is 11.3 Å². The Labute approximate surface area is 829 Å². The summed E-state index contributed by atoms with van der Waals surface area (Å²) in [6.45, 7) is 9.46. The molecule has 0 N–H and O–H groups in total. The van der Waals surface area contributed by atoms with Gasteiger partial charge in [-0.2, -0.15) is 0 Å². The number of anilines is 6. The van der Waals surface area contributed by atoms with E-state index < -0.39 is 5.41 Å². The second kappa shape index (κ2) is 33.4. The molecule has 3 aromatic heterocycles. The van der Waals surface area contributed by atoms with Gasteiger partial charge in [-0.3, -0.25) is 0 Å². The van der Waals surface area contributed by atoms with Crippen molar-refractivity contribution in [2.45, 2.75) is 43.9 Å². The van der Waals surface area contributed by atoms with Crippen molar-refractivity contribution in [2.75, 3.05) is 9.80 Å². The second-order valence-electron chi connectivity index (χ2n) is 39.0. The van der Waals surface area contributed by atoms with Gasteiger partial charge in [-0.25, -0.2) is 0 Å². The third kappa shape index (κ3) is 13.2. The van der Waals surface area contributed by atoms with E-state index in [2.05, 4.69) is 535 Å². The maximum absolute atomic E-state index is 7.66. The highest BCUT2D eigenvalue weighted by Gasteiger charge is 2.49. The summed E-state index contributed by atoms with van der Waals surface area (Å²) in [5.41, 5.74) is 43.4. The molecule has 0 unspecified atom stereocenters. The molecule has 5 heteroatoms. The normalized spacial score (nSPS) is 13.2. The summed E-state index contributed by atoms with van der Waals surface area (Å²) >= 11 is 1.89. The van der Waals surface area contributed by atoms with Gasteiger partial charge in [0.2, 0.25) is 0 Å². The van der Waals surface area contributed by atoms with Crippen LogP contribution in [0.4, 0.5) is 34.1 Å².